The summed E-state index contributed by atoms with van der Waals surface area (Å²) >= 11 is 5.29. The van der Waals surface area contributed by atoms with Crippen molar-refractivity contribution in [2.45, 2.75) is 45.3 Å². The normalized spacial score (nSPS) is 26.0. The van der Waals surface area contributed by atoms with Crippen molar-refractivity contribution < 1.29 is 14.3 Å². The van der Waals surface area contributed by atoms with Crippen molar-refractivity contribution in [2.75, 3.05) is 7.11 Å². The fraction of sp³-hybridized carbons (Fsp3) is 0.474. The van der Waals surface area contributed by atoms with Gasteiger partial charge in [-0.2, -0.15) is 0 Å². The third-order valence-electron chi connectivity index (χ3n) is 4.98. The van der Waals surface area contributed by atoms with E-state index in [4.69, 9.17) is 21.7 Å². The number of para-hydroxylation sites is 1. The van der Waals surface area contributed by atoms with Crippen LogP contribution in [-0.4, -0.2) is 24.3 Å². The third-order valence-corrected chi connectivity index (χ3v) is 5.20. The van der Waals surface area contributed by atoms with Crippen molar-refractivity contribution >= 4 is 23.3 Å². The molecule has 0 aromatic heterocycles. The number of benzene rings is 1. The molecule has 0 bridgehead atoms. The molecule has 25 heavy (non-hydrogen) atoms. The maximum absolute atomic E-state index is 13.0. The van der Waals surface area contributed by atoms with Crippen LogP contribution >= 0.6 is 12.2 Å². The van der Waals surface area contributed by atoms with Crippen LogP contribution in [0.3, 0.4) is 0 Å². The number of thiocarbonyl (C=S) groups is 1. The first kappa shape index (κ1) is 17.7. The number of esters is 1. The minimum atomic E-state index is -0.394. The van der Waals surface area contributed by atoms with Crippen LogP contribution in [0.4, 0.5) is 0 Å². The summed E-state index contributed by atoms with van der Waals surface area (Å²) in [6, 6.07) is 7.23. The molecule has 0 amide bonds. The fourth-order valence-corrected chi connectivity index (χ4v) is 3.86. The van der Waals surface area contributed by atoms with Crippen molar-refractivity contribution in [2.24, 2.45) is 5.92 Å². The zero-order chi connectivity index (χ0) is 18.0. The summed E-state index contributed by atoms with van der Waals surface area (Å²) in [5.74, 6) is 0.812. The maximum Gasteiger partial charge on any atom is 0.338 e. The lowest BCUT2D eigenvalue weighted by molar-refractivity contribution is -0.146. The number of carbonyl (C=O) groups excluding carboxylic acids is 1. The Morgan fingerprint density at radius 1 is 1.28 bits per heavy atom. The Morgan fingerprint density at radius 2 is 2.04 bits per heavy atom. The Hall–Kier alpha value is -2.08. The molecule has 0 spiro atoms. The smallest absolute Gasteiger partial charge is 0.338 e. The van der Waals surface area contributed by atoms with Gasteiger partial charge in [-0.05, 0) is 50.4 Å². The molecule has 0 radical (unpaired) electrons. The van der Waals surface area contributed by atoms with E-state index in [0.29, 0.717) is 22.4 Å². The van der Waals surface area contributed by atoms with Gasteiger partial charge < -0.3 is 20.1 Å². The average molecular weight is 360 g/mol. The van der Waals surface area contributed by atoms with Crippen LogP contribution in [0.1, 0.15) is 44.7 Å². The van der Waals surface area contributed by atoms with Crippen LogP contribution < -0.4 is 15.4 Å². The van der Waals surface area contributed by atoms with Crippen LogP contribution in [0, 0.1) is 5.92 Å². The highest BCUT2D eigenvalue weighted by Crippen LogP contribution is 2.35. The first-order chi connectivity index (χ1) is 12.0. The summed E-state index contributed by atoms with van der Waals surface area (Å²) in [5.41, 5.74) is 2.13. The minimum Gasteiger partial charge on any atom is -0.496 e. The Balaban J connectivity index is 1.93. The van der Waals surface area contributed by atoms with Crippen LogP contribution in [0.2, 0.25) is 0 Å². The van der Waals surface area contributed by atoms with E-state index in [1.165, 1.54) is 0 Å². The predicted octanol–water partition coefficient (Wildman–Crippen LogP) is 3.22. The zero-order valence-corrected chi connectivity index (χ0v) is 15.6. The highest BCUT2D eigenvalue weighted by molar-refractivity contribution is 7.80. The molecule has 3 rings (SSSR count). The van der Waals surface area contributed by atoms with Crippen molar-refractivity contribution in [3.63, 3.8) is 0 Å². The lowest BCUT2D eigenvalue weighted by Crippen LogP contribution is -2.45. The Labute approximate surface area is 153 Å². The van der Waals surface area contributed by atoms with Gasteiger partial charge in [0.05, 0.1) is 18.7 Å². The molecule has 1 aromatic carbocycles. The predicted molar refractivity (Wildman–Crippen MR) is 100 cm³/mol. The number of nitrogens with one attached hydrogen (secondary N) is 2. The molecule has 2 aliphatic rings. The lowest BCUT2D eigenvalue weighted by atomic mass is 9.94. The minimum absolute atomic E-state index is 0.0139. The van der Waals surface area contributed by atoms with Gasteiger partial charge in [-0.3, -0.25) is 0 Å². The summed E-state index contributed by atoms with van der Waals surface area (Å²) in [7, 11) is 1.62. The second kappa shape index (κ2) is 7.44. The molecular weight excluding hydrogens is 336 g/mol. The van der Waals surface area contributed by atoms with Crippen molar-refractivity contribution in [3.8, 4) is 5.75 Å². The van der Waals surface area contributed by atoms with Crippen molar-refractivity contribution in [3.05, 3.63) is 41.1 Å². The molecule has 134 valence electrons. The highest BCUT2D eigenvalue weighted by Gasteiger charge is 2.35. The van der Waals surface area contributed by atoms with Gasteiger partial charge in [-0.15, -0.1) is 0 Å². The molecule has 6 heteroatoms. The van der Waals surface area contributed by atoms with Gasteiger partial charge >= 0.3 is 5.97 Å². The van der Waals surface area contributed by atoms with E-state index in [-0.39, 0.29) is 12.1 Å². The number of ether oxygens (including phenoxy) is 2. The molecule has 1 aromatic rings. The van der Waals surface area contributed by atoms with E-state index < -0.39 is 6.04 Å². The summed E-state index contributed by atoms with van der Waals surface area (Å²) in [6.07, 6.45) is 3.12. The van der Waals surface area contributed by atoms with Crippen LogP contribution in [0.5, 0.6) is 5.75 Å². The highest BCUT2D eigenvalue weighted by atomic mass is 32.1. The largest absolute Gasteiger partial charge is 0.496 e. The summed E-state index contributed by atoms with van der Waals surface area (Å²) in [5, 5.41) is 6.71. The summed E-state index contributed by atoms with van der Waals surface area (Å²) < 4.78 is 11.3. The van der Waals surface area contributed by atoms with Crippen molar-refractivity contribution in [1.82, 2.24) is 10.6 Å². The number of methoxy groups -OCH3 is 1. The van der Waals surface area contributed by atoms with Gasteiger partial charge in [0.25, 0.3) is 0 Å². The molecule has 0 unspecified atom stereocenters. The zero-order valence-electron chi connectivity index (χ0n) is 14.8. The van der Waals surface area contributed by atoms with E-state index in [0.717, 1.165) is 30.5 Å². The van der Waals surface area contributed by atoms with Gasteiger partial charge in [0, 0.05) is 11.3 Å². The van der Waals surface area contributed by atoms with Gasteiger partial charge in [0.2, 0.25) is 0 Å². The number of carbonyl (C=O) groups is 1. The van der Waals surface area contributed by atoms with E-state index in [1.807, 2.05) is 31.2 Å². The van der Waals surface area contributed by atoms with E-state index in [2.05, 4.69) is 17.6 Å². The molecule has 0 saturated heterocycles. The second-order valence-electron chi connectivity index (χ2n) is 6.66. The summed E-state index contributed by atoms with van der Waals surface area (Å²) in [6.45, 7) is 3.99. The van der Waals surface area contributed by atoms with E-state index >= 15 is 0 Å². The van der Waals surface area contributed by atoms with Gasteiger partial charge in [-0.25, -0.2) is 4.79 Å². The molecule has 1 aliphatic carbocycles. The van der Waals surface area contributed by atoms with E-state index in [1.54, 1.807) is 7.11 Å². The molecule has 3 atom stereocenters. The molecular formula is C19H24N2O3S. The summed E-state index contributed by atoms with van der Waals surface area (Å²) in [4.78, 5) is 13.0. The molecule has 1 fully saturated rings. The standard InChI is InChI=1S/C19H24N2O3S/c1-11-7-6-10-14(11)24-18(22)16-12(2)20-19(25)21-17(16)13-8-4-5-9-15(13)23-3/h4-5,8-9,11,14,17H,6-7,10H2,1-3H3,(H2,20,21,25)/t11-,14-,17+/m1/s1. The molecule has 5 nitrogen and oxygen atoms in total. The monoisotopic (exact) mass is 360 g/mol. The fourth-order valence-electron chi connectivity index (χ4n) is 3.59. The molecule has 1 heterocycles. The second-order valence-corrected chi connectivity index (χ2v) is 7.07. The first-order valence-electron chi connectivity index (χ1n) is 8.63. The molecule has 1 aliphatic heterocycles. The third kappa shape index (κ3) is 3.63. The molecule has 2 N–H and O–H groups in total. The van der Waals surface area contributed by atoms with Gasteiger partial charge in [0.15, 0.2) is 5.11 Å². The Kier molecular flexibility index (Phi) is 5.27. The van der Waals surface area contributed by atoms with Crippen LogP contribution in [-0.2, 0) is 9.53 Å². The van der Waals surface area contributed by atoms with Gasteiger partial charge in [-0.1, -0.05) is 25.1 Å². The first-order valence-corrected chi connectivity index (χ1v) is 9.04. The van der Waals surface area contributed by atoms with Gasteiger partial charge in [0.1, 0.15) is 11.9 Å². The van der Waals surface area contributed by atoms with E-state index in [9.17, 15) is 4.79 Å². The SMILES string of the molecule is COc1ccccc1[C@@H]1NC(=S)NC(C)=C1C(=O)O[C@@H]1CCC[C@H]1C. The average Bonchev–Trinajstić information content (AvgIpc) is 2.98. The maximum atomic E-state index is 13.0. The van der Waals surface area contributed by atoms with Crippen molar-refractivity contribution in [1.29, 1.82) is 0 Å². The molecule has 1 saturated carbocycles. The van der Waals surface area contributed by atoms with Crippen LogP contribution in [0.25, 0.3) is 0 Å². The topological polar surface area (TPSA) is 59.6 Å². The number of allylic oxidation sites excluding steroid dienone is 1. The number of rotatable bonds is 4. The number of hydrogen-bond donors (Lipinski definition) is 2. The Morgan fingerprint density at radius 3 is 2.72 bits per heavy atom. The quantitative estimate of drug-likeness (QED) is 0.635. The Bertz CT molecular complexity index is 716. The lowest BCUT2D eigenvalue weighted by Gasteiger charge is -2.31. The number of hydrogen-bond acceptors (Lipinski definition) is 4. The van der Waals surface area contributed by atoms with Crippen LogP contribution in [0.15, 0.2) is 35.5 Å².